The molecule has 27 heavy (non-hydrogen) atoms. The van der Waals surface area contributed by atoms with E-state index in [1.165, 1.54) is 11.6 Å². The van der Waals surface area contributed by atoms with Gasteiger partial charge in [-0.05, 0) is 29.8 Å². The molecule has 136 valence electrons. The molecule has 0 aliphatic carbocycles. The zero-order chi connectivity index (χ0) is 19.0. The van der Waals surface area contributed by atoms with Crippen LogP contribution in [0.1, 0.15) is 17.2 Å². The molecule has 1 aliphatic heterocycles. The van der Waals surface area contributed by atoms with Crippen molar-refractivity contribution in [2.24, 2.45) is 7.05 Å². The summed E-state index contributed by atoms with van der Waals surface area (Å²) < 4.78 is 7.03. The summed E-state index contributed by atoms with van der Waals surface area (Å²) >= 11 is 0. The summed E-state index contributed by atoms with van der Waals surface area (Å²) in [6.45, 7) is 0. The molecule has 0 radical (unpaired) electrons. The molecule has 8 nitrogen and oxygen atoms in total. The van der Waals surface area contributed by atoms with Gasteiger partial charge in [0.05, 0.1) is 11.6 Å². The normalized spacial score (nSPS) is 15.4. The number of carbonyl (C=O) groups is 1. The first kappa shape index (κ1) is 16.6. The molecule has 0 saturated heterocycles. The van der Waals surface area contributed by atoms with Crippen LogP contribution in [0.15, 0.2) is 64.2 Å². The molecule has 1 aromatic heterocycles. The number of hydrogen-bond acceptors (Lipinski definition) is 4. The Morgan fingerprint density at radius 1 is 0.963 bits per heavy atom. The lowest BCUT2D eigenvalue weighted by Gasteiger charge is -2.27. The standard InChI is InChI=1S/C19H16N4O4/c1-23-16-14(17(24)22-19(23)26)15(20-18(25)21-16)11-6-5-9-13(10-11)27-12-7-3-2-4-8-12/h2-10,15H,1H3,(H2,20,21,25)(H,22,24,26). The van der Waals surface area contributed by atoms with Crippen LogP contribution in [0.4, 0.5) is 10.6 Å². The van der Waals surface area contributed by atoms with Crippen LogP contribution < -0.4 is 26.6 Å². The lowest BCUT2D eigenvalue weighted by atomic mass is 9.98. The third-order valence-electron chi connectivity index (χ3n) is 4.33. The van der Waals surface area contributed by atoms with Crippen LogP contribution in [0.25, 0.3) is 0 Å². The first-order valence-corrected chi connectivity index (χ1v) is 8.26. The second kappa shape index (κ2) is 6.49. The Balaban J connectivity index is 1.78. The number of hydrogen-bond donors (Lipinski definition) is 3. The molecule has 2 amide bonds. The molecule has 2 aromatic carbocycles. The van der Waals surface area contributed by atoms with E-state index in [1.807, 2.05) is 30.3 Å². The number of nitrogens with zero attached hydrogens (tertiary/aromatic N) is 1. The number of urea groups is 1. The average molecular weight is 364 g/mol. The van der Waals surface area contributed by atoms with Crippen LogP contribution in [-0.4, -0.2) is 15.6 Å². The van der Waals surface area contributed by atoms with E-state index in [4.69, 9.17) is 4.74 Å². The van der Waals surface area contributed by atoms with E-state index in [0.29, 0.717) is 17.1 Å². The van der Waals surface area contributed by atoms with Gasteiger partial charge in [-0.1, -0.05) is 30.3 Å². The fourth-order valence-corrected chi connectivity index (χ4v) is 3.04. The van der Waals surface area contributed by atoms with Crippen molar-refractivity contribution >= 4 is 11.8 Å². The van der Waals surface area contributed by atoms with Gasteiger partial charge in [-0.25, -0.2) is 9.59 Å². The van der Waals surface area contributed by atoms with Crippen LogP contribution in [-0.2, 0) is 7.05 Å². The fourth-order valence-electron chi connectivity index (χ4n) is 3.04. The van der Waals surface area contributed by atoms with Gasteiger partial charge in [0.1, 0.15) is 17.3 Å². The van der Waals surface area contributed by atoms with Crippen molar-refractivity contribution in [1.29, 1.82) is 0 Å². The Kier molecular flexibility index (Phi) is 4.00. The van der Waals surface area contributed by atoms with E-state index >= 15 is 0 Å². The minimum Gasteiger partial charge on any atom is -0.457 e. The molecule has 3 aromatic rings. The Labute approximate surface area is 153 Å². The van der Waals surface area contributed by atoms with Crippen molar-refractivity contribution in [1.82, 2.24) is 14.9 Å². The molecule has 0 saturated carbocycles. The second-order valence-corrected chi connectivity index (χ2v) is 6.10. The number of ether oxygens (including phenoxy) is 1. The number of carbonyl (C=O) groups excluding carboxylic acids is 1. The molecule has 4 rings (SSSR count). The number of amides is 2. The number of rotatable bonds is 3. The molecule has 1 aliphatic rings. The third kappa shape index (κ3) is 3.08. The highest BCUT2D eigenvalue weighted by atomic mass is 16.5. The SMILES string of the molecule is Cn1c2c(c(=O)[nH]c1=O)C(c1cccc(Oc3ccccc3)c1)NC(=O)N2. The predicted molar refractivity (Wildman–Crippen MR) is 99.3 cm³/mol. The summed E-state index contributed by atoms with van der Waals surface area (Å²) in [5.74, 6) is 1.41. The topological polar surface area (TPSA) is 105 Å². The van der Waals surface area contributed by atoms with Gasteiger partial charge in [-0.15, -0.1) is 0 Å². The number of fused-ring (bicyclic) bond motifs is 1. The van der Waals surface area contributed by atoms with Gasteiger partial charge in [0.2, 0.25) is 0 Å². The van der Waals surface area contributed by atoms with Crippen molar-refractivity contribution in [2.75, 3.05) is 5.32 Å². The highest BCUT2D eigenvalue weighted by Gasteiger charge is 2.30. The number of aromatic nitrogens is 2. The highest BCUT2D eigenvalue weighted by molar-refractivity contribution is 5.92. The first-order chi connectivity index (χ1) is 13.0. The smallest absolute Gasteiger partial charge is 0.329 e. The number of aromatic amines is 1. The lowest BCUT2D eigenvalue weighted by molar-refractivity contribution is 0.248. The zero-order valence-corrected chi connectivity index (χ0v) is 14.4. The Hall–Kier alpha value is -3.81. The fraction of sp³-hybridized carbons (Fsp3) is 0.105. The van der Waals surface area contributed by atoms with Crippen LogP contribution >= 0.6 is 0 Å². The molecule has 3 N–H and O–H groups in total. The first-order valence-electron chi connectivity index (χ1n) is 8.26. The second-order valence-electron chi connectivity index (χ2n) is 6.10. The van der Waals surface area contributed by atoms with E-state index in [0.717, 1.165) is 0 Å². The Bertz CT molecular complexity index is 1130. The predicted octanol–water partition coefficient (Wildman–Crippen LogP) is 2.09. The Morgan fingerprint density at radius 3 is 2.48 bits per heavy atom. The van der Waals surface area contributed by atoms with Crippen molar-refractivity contribution in [3.8, 4) is 11.5 Å². The van der Waals surface area contributed by atoms with Crippen molar-refractivity contribution < 1.29 is 9.53 Å². The molecule has 8 heteroatoms. The van der Waals surface area contributed by atoms with E-state index in [1.54, 1.807) is 24.3 Å². The summed E-state index contributed by atoms with van der Waals surface area (Å²) in [7, 11) is 1.48. The molecular weight excluding hydrogens is 348 g/mol. The van der Waals surface area contributed by atoms with Gasteiger partial charge in [0, 0.05) is 7.05 Å². The zero-order valence-electron chi connectivity index (χ0n) is 14.4. The number of H-pyrrole nitrogens is 1. The van der Waals surface area contributed by atoms with Crippen molar-refractivity contribution in [3.05, 3.63) is 86.6 Å². The Morgan fingerprint density at radius 2 is 1.70 bits per heavy atom. The van der Waals surface area contributed by atoms with E-state index in [9.17, 15) is 14.4 Å². The van der Waals surface area contributed by atoms with E-state index < -0.39 is 23.3 Å². The maximum atomic E-state index is 12.4. The van der Waals surface area contributed by atoms with Crippen molar-refractivity contribution in [3.63, 3.8) is 0 Å². The quantitative estimate of drug-likeness (QED) is 0.662. The maximum absolute atomic E-state index is 12.4. The average Bonchev–Trinajstić information content (AvgIpc) is 2.66. The molecule has 1 unspecified atom stereocenters. The minimum absolute atomic E-state index is 0.173. The lowest BCUT2D eigenvalue weighted by Crippen LogP contribution is -2.46. The molecule has 2 heterocycles. The summed E-state index contributed by atoms with van der Waals surface area (Å²) in [5.41, 5.74) is -0.238. The highest BCUT2D eigenvalue weighted by Crippen LogP contribution is 2.31. The van der Waals surface area contributed by atoms with Crippen LogP contribution in [0.5, 0.6) is 11.5 Å². The summed E-state index contributed by atoms with van der Waals surface area (Å²) in [6, 6.07) is 15.1. The van der Waals surface area contributed by atoms with Crippen LogP contribution in [0.3, 0.4) is 0 Å². The van der Waals surface area contributed by atoms with Gasteiger partial charge in [0.15, 0.2) is 0 Å². The summed E-state index contributed by atoms with van der Waals surface area (Å²) in [5, 5.41) is 5.25. The molecular formula is C19H16N4O4. The number of nitrogens with one attached hydrogen (secondary N) is 3. The van der Waals surface area contributed by atoms with Crippen LogP contribution in [0, 0.1) is 0 Å². The van der Waals surface area contributed by atoms with Gasteiger partial charge in [0.25, 0.3) is 5.56 Å². The summed E-state index contributed by atoms with van der Waals surface area (Å²) in [4.78, 5) is 38.6. The monoisotopic (exact) mass is 364 g/mol. The molecule has 0 bridgehead atoms. The molecule has 0 spiro atoms. The maximum Gasteiger partial charge on any atom is 0.329 e. The number of anilines is 1. The van der Waals surface area contributed by atoms with E-state index in [-0.39, 0.29) is 11.4 Å². The molecule has 0 fully saturated rings. The summed E-state index contributed by atoms with van der Waals surface area (Å²) in [6.07, 6.45) is 0. The minimum atomic E-state index is -0.719. The van der Waals surface area contributed by atoms with Gasteiger partial charge < -0.3 is 10.1 Å². The number of para-hydroxylation sites is 1. The van der Waals surface area contributed by atoms with Gasteiger partial charge in [-0.3, -0.25) is 19.7 Å². The number of benzene rings is 2. The largest absolute Gasteiger partial charge is 0.457 e. The third-order valence-corrected chi connectivity index (χ3v) is 4.33. The molecule has 1 atom stereocenters. The van der Waals surface area contributed by atoms with Crippen molar-refractivity contribution in [2.45, 2.75) is 6.04 Å². The van der Waals surface area contributed by atoms with Crippen LogP contribution in [0.2, 0.25) is 0 Å². The van der Waals surface area contributed by atoms with Gasteiger partial charge in [-0.2, -0.15) is 0 Å². The van der Waals surface area contributed by atoms with E-state index in [2.05, 4.69) is 15.6 Å². The van der Waals surface area contributed by atoms with Gasteiger partial charge >= 0.3 is 11.7 Å².